The van der Waals surface area contributed by atoms with Crippen LogP contribution < -0.4 is 11.1 Å². The topological polar surface area (TPSA) is 58.4 Å². The monoisotopic (exact) mass is 295 g/mol. The quantitative estimate of drug-likeness (QED) is 0.825. The van der Waals surface area contributed by atoms with Gasteiger partial charge in [0.15, 0.2) is 0 Å². The molecule has 1 saturated heterocycles. The molecule has 0 spiro atoms. The van der Waals surface area contributed by atoms with Crippen LogP contribution in [0, 0.1) is 11.7 Å². The Balaban J connectivity index is 2.12. The molecule has 1 aliphatic heterocycles. The van der Waals surface area contributed by atoms with E-state index in [-0.39, 0.29) is 16.6 Å². The van der Waals surface area contributed by atoms with E-state index in [4.69, 9.17) is 18.0 Å². The molecular formula is C14H18FN3OS. The minimum Gasteiger partial charge on any atom is -0.389 e. The van der Waals surface area contributed by atoms with E-state index in [2.05, 4.69) is 12.2 Å². The largest absolute Gasteiger partial charge is 0.389 e. The first-order chi connectivity index (χ1) is 9.49. The number of hydrogen-bond donors (Lipinski definition) is 2. The molecule has 0 unspecified atom stereocenters. The molecule has 0 aliphatic carbocycles. The van der Waals surface area contributed by atoms with Gasteiger partial charge in [-0.15, -0.1) is 0 Å². The van der Waals surface area contributed by atoms with Crippen molar-refractivity contribution >= 4 is 28.9 Å². The highest BCUT2D eigenvalue weighted by Gasteiger charge is 2.21. The SMILES string of the molecule is CC1CCN(C(=O)Nc2cccc(F)c2C(N)=S)CC1. The lowest BCUT2D eigenvalue weighted by molar-refractivity contribution is 0.186. The van der Waals surface area contributed by atoms with Crippen molar-refractivity contribution in [3.8, 4) is 0 Å². The van der Waals surface area contributed by atoms with Crippen LogP contribution in [0.4, 0.5) is 14.9 Å². The number of benzene rings is 1. The Bertz CT molecular complexity index is 527. The molecular weight excluding hydrogens is 277 g/mol. The van der Waals surface area contributed by atoms with E-state index in [9.17, 15) is 9.18 Å². The van der Waals surface area contributed by atoms with Gasteiger partial charge >= 0.3 is 6.03 Å². The molecule has 20 heavy (non-hydrogen) atoms. The van der Waals surface area contributed by atoms with E-state index in [0.717, 1.165) is 12.8 Å². The smallest absolute Gasteiger partial charge is 0.321 e. The Hall–Kier alpha value is -1.69. The molecule has 3 N–H and O–H groups in total. The maximum atomic E-state index is 13.7. The molecule has 1 fully saturated rings. The maximum Gasteiger partial charge on any atom is 0.321 e. The summed E-state index contributed by atoms with van der Waals surface area (Å²) in [4.78, 5) is 13.8. The van der Waals surface area contributed by atoms with Gasteiger partial charge in [0.1, 0.15) is 10.8 Å². The number of carbonyl (C=O) groups is 1. The fraction of sp³-hybridized carbons (Fsp3) is 0.429. The highest BCUT2D eigenvalue weighted by atomic mass is 32.1. The van der Waals surface area contributed by atoms with E-state index >= 15 is 0 Å². The Morgan fingerprint density at radius 3 is 2.70 bits per heavy atom. The molecule has 6 heteroatoms. The van der Waals surface area contributed by atoms with Gasteiger partial charge in [0.25, 0.3) is 0 Å². The van der Waals surface area contributed by atoms with Crippen molar-refractivity contribution in [2.45, 2.75) is 19.8 Å². The normalized spacial score (nSPS) is 16.0. The standard InChI is InChI=1S/C14H18FN3OS/c1-9-5-7-18(8-6-9)14(19)17-11-4-2-3-10(15)12(11)13(16)20/h2-4,9H,5-8H2,1H3,(H2,16,20)(H,17,19). The third-order valence-corrected chi connectivity index (χ3v) is 3.78. The number of amides is 2. The summed E-state index contributed by atoms with van der Waals surface area (Å²) < 4.78 is 13.7. The summed E-state index contributed by atoms with van der Waals surface area (Å²) in [6.07, 6.45) is 1.97. The highest BCUT2D eigenvalue weighted by molar-refractivity contribution is 7.80. The predicted octanol–water partition coefficient (Wildman–Crippen LogP) is 2.72. The van der Waals surface area contributed by atoms with Crippen molar-refractivity contribution in [2.24, 2.45) is 11.7 Å². The van der Waals surface area contributed by atoms with Crippen molar-refractivity contribution in [3.63, 3.8) is 0 Å². The molecule has 1 heterocycles. The van der Waals surface area contributed by atoms with Crippen LogP contribution in [0.15, 0.2) is 18.2 Å². The van der Waals surface area contributed by atoms with Crippen LogP contribution in [0.3, 0.4) is 0 Å². The second kappa shape index (κ2) is 6.17. The van der Waals surface area contributed by atoms with Crippen LogP contribution in [0.2, 0.25) is 0 Å². The minimum atomic E-state index is -0.525. The molecule has 1 aromatic rings. The minimum absolute atomic E-state index is 0.0642. The van der Waals surface area contributed by atoms with Crippen LogP contribution in [0.25, 0.3) is 0 Å². The molecule has 2 rings (SSSR count). The van der Waals surface area contributed by atoms with E-state index in [1.54, 1.807) is 11.0 Å². The predicted molar refractivity (Wildman–Crippen MR) is 81.3 cm³/mol. The first-order valence-corrected chi connectivity index (χ1v) is 7.04. The number of nitrogens with zero attached hydrogens (tertiary/aromatic N) is 1. The van der Waals surface area contributed by atoms with Crippen molar-refractivity contribution in [2.75, 3.05) is 18.4 Å². The number of hydrogen-bond acceptors (Lipinski definition) is 2. The van der Waals surface area contributed by atoms with Crippen molar-refractivity contribution < 1.29 is 9.18 Å². The van der Waals surface area contributed by atoms with Crippen LogP contribution in [0.5, 0.6) is 0 Å². The third-order valence-electron chi connectivity index (χ3n) is 3.57. The van der Waals surface area contributed by atoms with Crippen LogP contribution in [-0.4, -0.2) is 29.0 Å². The fourth-order valence-electron chi connectivity index (χ4n) is 2.28. The highest BCUT2D eigenvalue weighted by Crippen LogP contribution is 2.21. The Kier molecular flexibility index (Phi) is 4.54. The number of likely N-dealkylation sites (tertiary alicyclic amines) is 1. The number of anilines is 1. The number of nitrogens with two attached hydrogens (primary N) is 1. The molecule has 108 valence electrons. The van der Waals surface area contributed by atoms with E-state index in [1.807, 2.05) is 0 Å². The number of rotatable bonds is 2. The average molecular weight is 295 g/mol. The fourth-order valence-corrected chi connectivity index (χ4v) is 2.49. The Morgan fingerprint density at radius 1 is 1.45 bits per heavy atom. The molecule has 1 aliphatic rings. The van der Waals surface area contributed by atoms with Gasteiger partial charge in [0, 0.05) is 13.1 Å². The van der Waals surface area contributed by atoms with Crippen molar-refractivity contribution in [1.82, 2.24) is 4.90 Å². The lowest BCUT2D eigenvalue weighted by Crippen LogP contribution is -2.40. The molecule has 4 nitrogen and oxygen atoms in total. The average Bonchev–Trinajstić information content (AvgIpc) is 2.39. The number of urea groups is 1. The van der Waals surface area contributed by atoms with Gasteiger partial charge in [-0.25, -0.2) is 9.18 Å². The summed E-state index contributed by atoms with van der Waals surface area (Å²) in [7, 11) is 0. The Labute approximate surface area is 123 Å². The number of halogens is 1. The molecule has 2 amide bonds. The third kappa shape index (κ3) is 3.25. The lowest BCUT2D eigenvalue weighted by Gasteiger charge is -2.30. The number of carbonyl (C=O) groups excluding carboxylic acids is 1. The zero-order valence-corrected chi connectivity index (χ0v) is 12.2. The van der Waals surface area contributed by atoms with Gasteiger partial charge in [-0.1, -0.05) is 25.2 Å². The van der Waals surface area contributed by atoms with Crippen LogP contribution >= 0.6 is 12.2 Å². The molecule has 0 saturated carbocycles. The summed E-state index contributed by atoms with van der Waals surface area (Å²) in [5.74, 6) is 0.114. The van der Waals surface area contributed by atoms with Gasteiger partial charge in [-0.3, -0.25) is 0 Å². The molecule has 0 radical (unpaired) electrons. The van der Waals surface area contributed by atoms with Gasteiger partial charge in [-0.2, -0.15) is 0 Å². The van der Waals surface area contributed by atoms with E-state index in [1.165, 1.54) is 12.1 Å². The summed E-state index contributed by atoms with van der Waals surface area (Å²) in [5.41, 5.74) is 5.92. The molecule has 1 aromatic carbocycles. The first kappa shape index (κ1) is 14.7. The van der Waals surface area contributed by atoms with E-state index in [0.29, 0.717) is 24.7 Å². The van der Waals surface area contributed by atoms with Gasteiger partial charge in [0.2, 0.25) is 0 Å². The van der Waals surface area contributed by atoms with E-state index < -0.39 is 5.82 Å². The van der Waals surface area contributed by atoms with Gasteiger partial charge in [0.05, 0.1) is 11.3 Å². The summed E-state index contributed by atoms with van der Waals surface area (Å²) in [6.45, 7) is 3.60. The first-order valence-electron chi connectivity index (χ1n) is 6.63. The van der Waals surface area contributed by atoms with Gasteiger partial charge in [-0.05, 0) is 30.9 Å². The Morgan fingerprint density at radius 2 is 2.10 bits per heavy atom. The second-order valence-corrected chi connectivity index (χ2v) is 5.57. The molecule has 0 aromatic heterocycles. The molecule has 0 atom stereocenters. The van der Waals surface area contributed by atoms with Crippen LogP contribution in [0.1, 0.15) is 25.3 Å². The zero-order chi connectivity index (χ0) is 14.7. The van der Waals surface area contributed by atoms with Crippen molar-refractivity contribution in [1.29, 1.82) is 0 Å². The number of thiocarbonyl (C=S) groups is 1. The molecule has 0 bridgehead atoms. The number of nitrogens with one attached hydrogen (secondary N) is 1. The van der Waals surface area contributed by atoms with Crippen molar-refractivity contribution in [3.05, 3.63) is 29.6 Å². The second-order valence-electron chi connectivity index (χ2n) is 5.13. The lowest BCUT2D eigenvalue weighted by atomic mass is 10.00. The number of piperidine rings is 1. The van der Waals surface area contributed by atoms with Crippen LogP contribution in [-0.2, 0) is 0 Å². The summed E-state index contributed by atoms with van der Waals surface area (Å²) in [5, 5.41) is 2.70. The summed E-state index contributed by atoms with van der Waals surface area (Å²) >= 11 is 4.83. The zero-order valence-electron chi connectivity index (χ0n) is 11.4. The summed E-state index contributed by atoms with van der Waals surface area (Å²) in [6, 6.07) is 4.15. The maximum absolute atomic E-state index is 13.7. The van der Waals surface area contributed by atoms with Gasteiger partial charge < -0.3 is 16.0 Å².